The van der Waals surface area contributed by atoms with Crippen LogP contribution in [-0.4, -0.2) is 15.7 Å². The Labute approximate surface area is 274 Å². The number of unbranched alkanes of at least 4 members (excludes halogenated alkanes) is 3. The number of benzene rings is 3. The average molecular weight is 682 g/mol. The summed E-state index contributed by atoms with van der Waals surface area (Å²) in [4.78, 5) is 0. The Morgan fingerprint density at radius 1 is 0.723 bits per heavy atom. The molecule has 0 saturated carbocycles. The van der Waals surface area contributed by atoms with Crippen molar-refractivity contribution in [1.82, 2.24) is 9.13 Å². The molecule has 3 aromatic carbocycles. The van der Waals surface area contributed by atoms with Gasteiger partial charge in [-0.15, -0.1) is 0 Å². The molecule has 47 heavy (non-hydrogen) atoms. The smallest absolute Gasteiger partial charge is 1.00 e. The quantitative estimate of drug-likeness (QED) is 0.0662. The van der Waals surface area contributed by atoms with E-state index in [9.17, 15) is 21.0 Å². The predicted molar refractivity (Wildman–Crippen MR) is 180 cm³/mol. The molecule has 258 valence electrons. The zero-order valence-corrected chi connectivity index (χ0v) is 29.1. The molecule has 4 nitrogen and oxygen atoms in total. The summed E-state index contributed by atoms with van der Waals surface area (Å²) >= 11 is 0. The molecule has 2 heterocycles. The Hall–Kier alpha value is -3.52. The molecule has 5 rings (SSSR count). The third-order valence-electron chi connectivity index (χ3n) is 7.98. The van der Waals surface area contributed by atoms with Crippen LogP contribution in [0.15, 0.2) is 79.4 Å². The second-order valence-corrected chi connectivity index (χ2v) is 15.3. The number of rotatable bonds is 9. The Morgan fingerprint density at radius 2 is 1.26 bits per heavy atom. The number of halogens is 6. The first-order chi connectivity index (χ1) is 21.2. The molecule has 0 fully saturated rings. The van der Waals surface area contributed by atoms with Gasteiger partial charge in [0.15, 0.2) is 0 Å². The summed E-state index contributed by atoms with van der Waals surface area (Å²) in [6, 6.07) is 22.6. The Morgan fingerprint density at radius 3 is 1.74 bits per heavy atom. The van der Waals surface area contributed by atoms with Gasteiger partial charge in [0.2, 0.25) is 6.33 Å². The summed E-state index contributed by atoms with van der Waals surface area (Å²) in [5.41, 5.74) is 6.53. The number of fused-ring (bicyclic) bond motifs is 3. The van der Waals surface area contributed by atoms with Crippen molar-refractivity contribution in [3.63, 3.8) is 0 Å². The predicted octanol–water partition coefficient (Wildman–Crippen LogP) is 8.61. The van der Waals surface area contributed by atoms with Gasteiger partial charge in [-0.2, -0.15) is 0 Å². The molecular formula is C36H46F6N3OP. The van der Waals surface area contributed by atoms with E-state index >= 15 is 0 Å². The van der Waals surface area contributed by atoms with E-state index in [1.54, 1.807) is 0 Å². The van der Waals surface area contributed by atoms with Crippen molar-refractivity contribution in [3.8, 4) is 11.4 Å². The first kappa shape index (κ1) is 37.9. The van der Waals surface area contributed by atoms with Gasteiger partial charge in [0, 0.05) is 22.5 Å². The SMILES string of the molecule is C[n+]1ccn(CCCCCCOc2cccc(-n3c4ccc(C(C)(C)C)cc4c4cc(C(C)(C)C)ccc43)c2)c1.FP(F)(F)(F)F.[F-]. The van der Waals surface area contributed by atoms with E-state index in [0.29, 0.717) is 0 Å². The summed E-state index contributed by atoms with van der Waals surface area (Å²) in [5.74, 6) is 0.935. The summed E-state index contributed by atoms with van der Waals surface area (Å²) < 4.78 is 62.2. The molecule has 11 heteroatoms. The largest absolute Gasteiger partial charge is 1.00 e. The molecule has 0 unspecified atom stereocenters. The Balaban J connectivity index is 0.000000785. The standard InChI is InChI=1S/C36H46N3O.F5P.FH/c1-35(2,3)27-15-17-33-31(23-27)32-24-28(36(4,5)6)16-18-34(32)39(33)29-13-12-14-30(25-29)40-22-11-9-8-10-19-38-21-20-37(7)26-38;1-6(2,3,4)5;/h12-18,20-21,23-26H,8-11,19,22H2,1-7H3;;1H/q+1;;/p-1. The normalized spacial score (nSPS) is 13.1. The van der Waals surface area contributed by atoms with E-state index in [1.165, 1.54) is 52.2 Å². The van der Waals surface area contributed by atoms with Crippen molar-refractivity contribution < 1.29 is 35.0 Å². The zero-order valence-electron chi connectivity index (χ0n) is 28.2. The van der Waals surface area contributed by atoms with Crippen LogP contribution in [0.4, 0.5) is 21.0 Å². The van der Waals surface area contributed by atoms with Crippen LogP contribution in [0, 0.1) is 0 Å². The van der Waals surface area contributed by atoms with Gasteiger partial charge in [0.25, 0.3) is 0 Å². The zero-order chi connectivity index (χ0) is 33.9. The number of aromatic nitrogens is 3. The van der Waals surface area contributed by atoms with Gasteiger partial charge in [-0.05, 0) is 84.0 Å². The van der Waals surface area contributed by atoms with Crippen molar-refractivity contribution in [2.75, 3.05) is 6.61 Å². The van der Waals surface area contributed by atoms with Gasteiger partial charge in [0.05, 0.1) is 31.2 Å². The van der Waals surface area contributed by atoms with Crippen LogP contribution in [-0.2, 0) is 24.4 Å². The summed E-state index contributed by atoms with van der Waals surface area (Å²) in [6.07, 6.45) is 11.1. The van der Waals surface area contributed by atoms with E-state index in [4.69, 9.17) is 4.74 Å². The molecule has 0 N–H and O–H groups in total. The molecule has 0 aliphatic carbocycles. The minimum Gasteiger partial charge on any atom is -1.00 e. The fraction of sp³-hybridized carbons (Fsp3) is 0.417. The van der Waals surface area contributed by atoms with Crippen LogP contribution < -0.4 is 14.0 Å². The summed E-state index contributed by atoms with van der Waals surface area (Å²) in [7, 11) is -6.48. The number of hydrogen-bond acceptors (Lipinski definition) is 1. The second-order valence-electron chi connectivity index (χ2n) is 14.0. The maximum absolute atomic E-state index is 9.84. The van der Waals surface area contributed by atoms with Gasteiger partial charge in [-0.25, -0.2) is 9.13 Å². The molecule has 0 aliphatic rings. The van der Waals surface area contributed by atoms with Gasteiger partial charge in [-0.1, -0.05) is 59.7 Å². The molecule has 2 aromatic heterocycles. The van der Waals surface area contributed by atoms with Crippen LogP contribution in [0.1, 0.15) is 78.4 Å². The first-order valence-corrected chi connectivity index (χ1v) is 17.4. The van der Waals surface area contributed by atoms with Crippen molar-refractivity contribution in [2.45, 2.75) is 84.6 Å². The fourth-order valence-electron chi connectivity index (χ4n) is 5.52. The van der Waals surface area contributed by atoms with Crippen LogP contribution >= 0.6 is 8.16 Å². The van der Waals surface area contributed by atoms with Crippen molar-refractivity contribution in [1.29, 1.82) is 0 Å². The number of aryl methyl sites for hydroxylation is 2. The average Bonchev–Trinajstić information content (AvgIpc) is 3.50. The van der Waals surface area contributed by atoms with Crippen molar-refractivity contribution in [2.24, 2.45) is 7.05 Å². The third-order valence-corrected chi connectivity index (χ3v) is 7.98. The number of hydrogen-bond donors (Lipinski definition) is 0. The minimum atomic E-state index is -8.55. The maximum Gasteiger partial charge on any atom is -1.00 e. The molecule has 0 spiro atoms. The third kappa shape index (κ3) is 11.0. The molecule has 0 atom stereocenters. The van der Waals surface area contributed by atoms with E-state index in [2.05, 4.69) is 142 Å². The van der Waals surface area contributed by atoms with E-state index in [1.807, 2.05) is 0 Å². The van der Waals surface area contributed by atoms with E-state index in [-0.39, 0.29) is 15.5 Å². The first-order valence-electron chi connectivity index (χ1n) is 15.7. The monoisotopic (exact) mass is 681 g/mol. The van der Waals surface area contributed by atoms with Gasteiger partial charge < -0.3 is 14.0 Å². The fourth-order valence-corrected chi connectivity index (χ4v) is 5.52. The van der Waals surface area contributed by atoms with Crippen LogP contribution in [0.2, 0.25) is 0 Å². The van der Waals surface area contributed by atoms with Gasteiger partial charge >= 0.3 is 29.1 Å². The van der Waals surface area contributed by atoms with Gasteiger partial charge in [0.1, 0.15) is 18.1 Å². The molecule has 0 radical (unpaired) electrons. The van der Waals surface area contributed by atoms with Crippen molar-refractivity contribution in [3.05, 3.63) is 90.5 Å². The van der Waals surface area contributed by atoms with Crippen LogP contribution in [0.25, 0.3) is 27.5 Å². The molecule has 0 amide bonds. The van der Waals surface area contributed by atoms with Crippen molar-refractivity contribution >= 4 is 30.0 Å². The summed E-state index contributed by atoms with van der Waals surface area (Å²) in [5, 5.41) is 2.63. The minimum absolute atomic E-state index is 0. The Bertz CT molecular complexity index is 1700. The summed E-state index contributed by atoms with van der Waals surface area (Å²) in [6.45, 7) is 15.6. The topological polar surface area (TPSA) is 23.0 Å². The molecule has 0 aliphatic heterocycles. The second kappa shape index (κ2) is 14.3. The van der Waals surface area contributed by atoms with Crippen LogP contribution in [0.3, 0.4) is 0 Å². The number of imidazole rings is 1. The molecule has 0 bridgehead atoms. The molecule has 5 aromatic rings. The molecular weight excluding hydrogens is 635 g/mol. The van der Waals surface area contributed by atoms with E-state index in [0.717, 1.165) is 31.0 Å². The number of ether oxygens (including phenoxy) is 1. The van der Waals surface area contributed by atoms with Crippen LogP contribution in [0.5, 0.6) is 5.75 Å². The van der Waals surface area contributed by atoms with Gasteiger partial charge in [-0.3, -0.25) is 0 Å². The molecule has 0 saturated heterocycles. The number of nitrogens with zero attached hydrogens (tertiary/aromatic N) is 3. The Kier molecular flexibility index (Phi) is 11.5. The van der Waals surface area contributed by atoms with E-state index < -0.39 is 8.16 Å². The maximum atomic E-state index is 9.84.